The Labute approximate surface area is 136 Å². The third kappa shape index (κ3) is 4.97. The van der Waals surface area contributed by atoms with E-state index in [1.165, 1.54) is 11.1 Å². The number of nitrogens with one attached hydrogen (secondary N) is 1. The number of halogens is 1. The van der Waals surface area contributed by atoms with E-state index in [1.54, 1.807) is 0 Å². The summed E-state index contributed by atoms with van der Waals surface area (Å²) in [6, 6.07) is 4.64. The van der Waals surface area contributed by atoms with Gasteiger partial charge in [-0.15, -0.1) is 0 Å². The molecule has 1 unspecified atom stereocenters. The molecule has 1 aliphatic rings. The van der Waals surface area contributed by atoms with Crippen molar-refractivity contribution in [1.82, 2.24) is 5.32 Å². The maximum absolute atomic E-state index is 5.95. The van der Waals surface area contributed by atoms with Gasteiger partial charge in [0.05, 0.1) is 18.8 Å². The Kier molecular flexibility index (Phi) is 5.69. The highest BCUT2D eigenvalue weighted by molar-refractivity contribution is 9.10. The second-order valence-corrected chi connectivity index (χ2v) is 7.45. The Morgan fingerprint density at radius 2 is 2.14 bits per heavy atom. The van der Waals surface area contributed by atoms with Crippen LogP contribution in [0.1, 0.15) is 38.8 Å². The third-order valence-corrected chi connectivity index (χ3v) is 3.96. The van der Waals surface area contributed by atoms with Gasteiger partial charge < -0.3 is 14.8 Å². The molecule has 118 valence electrons. The number of hydrogen-bond donors (Lipinski definition) is 1. The summed E-state index contributed by atoms with van der Waals surface area (Å²) >= 11 is 3.61. The van der Waals surface area contributed by atoms with Gasteiger partial charge in [-0.3, -0.25) is 0 Å². The lowest BCUT2D eigenvalue weighted by molar-refractivity contribution is -0.0142. The fourth-order valence-electron chi connectivity index (χ4n) is 2.59. The van der Waals surface area contributed by atoms with E-state index in [9.17, 15) is 0 Å². The van der Waals surface area contributed by atoms with E-state index in [2.05, 4.69) is 61.1 Å². The Bertz CT molecular complexity index is 482. The van der Waals surface area contributed by atoms with Gasteiger partial charge in [0.1, 0.15) is 5.75 Å². The summed E-state index contributed by atoms with van der Waals surface area (Å²) in [7, 11) is 0. The van der Waals surface area contributed by atoms with Gasteiger partial charge in [0, 0.05) is 16.9 Å². The van der Waals surface area contributed by atoms with Crippen LogP contribution in [-0.4, -0.2) is 31.4 Å². The van der Waals surface area contributed by atoms with Crippen LogP contribution in [0.15, 0.2) is 16.6 Å². The fraction of sp³-hybridized carbons (Fsp3) is 0.647. The highest BCUT2D eigenvalue weighted by atomic mass is 79.9. The minimum absolute atomic E-state index is 0.108. The second kappa shape index (κ2) is 7.12. The molecular formula is C17H26BrNO2. The number of likely N-dealkylation sites (N-methyl/N-ethyl adjacent to an activating group) is 1. The second-order valence-electron chi connectivity index (χ2n) is 6.53. The molecule has 1 N–H and O–H groups in total. The van der Waals surface area contributed by atoms with Crippen LogP contribution in [0.3, 0.4) is 0 Å². The highest BCUT2D eigenvalue weighted by Gasteiger charge is 2.21. The van der Waals surface area contributed by atoms with Crippen molar-refractivity contribution in [3.63, 3.8) is 0 Å². The summed E-state index contributed by atoms with van der Waals surface area (Å²) in [6.07, 6.45) is 1.93. The number of rotatable bonds is 6. The van der Waals surface area contributed by atoms with E-state index in [0.29, 0.717) is 12.6 Å². The SMILES string of the molecule is CCNC(COC(C)(C)C)Cc1cc(Br)cc2c1OCC2. The standard InChI is InChI=1S/C17H26BrNO2/c1-5-19-15(11-21-17(2,3)4)10-13-9-14(18)8-12-6-7-20-16(12)13/h8-9,15,19H,5-7,10-11H2,1-4H3. The van der Waals surface area contributed by atoms with Gasteiger partial charge in [0.15, 0.2) is 0 Å². The van der Waals surface area contributed by atoms with Crippen molar-refractivity contribution in [2.45, 2.75) is 52.2 Å². The molecule has 0 fully saturated rings. The Hall–Kier alpha value is -0.580. The Morgan fingerprint density at radius 1 is 1.38 bits per heavy atom. The summed E-state index contributed by atoms with van der Waals surface area (Å²) in [6.45, 7) is 10.9. The molecule has 0 spiro atoms. The van der Waals surface area contributed by atoms with Crippen LogP contribution in [0.4, 0.5) is 0 Å². The first-order chi connectivity index (χ1) is 9.89. The molecule has 1 heterocycles. The van der Waals surface area contributed by atoms with Crippen molar-refractivity contribution in [1.29, 1.82) is 0 Å². The topological polar surface area (TPSA) is 30.5 Å². The summed E-state index contributed by atoms with van der Waals surface area (Å²) in [4.78, 5) is 0. The zero-order valence-corrected chi connectivity index (χ0v) is 15.0. The first-order valence-corrected chi connectivity index (χ1v) is 8.50. The van der Waals surface area contributed by atoms with E-state index in [4.69, 9.17) is 9.47 Å². The molecule has 1 atom stereocenters. The van der Waals surface area contributed by atoms with E-state index in [1.807, 2.05) is 0 Å². The molecule has 2 rings (SSSR count). The molecule has 1 aromatic rings. The first kappa shape index (κ1) is 16.8. The smallest absolute Gasteiger partial charge is 0.125 e. The van der Waals surface area contributed by atoms with Gasteiger partial charge in [-0.25, -0.2) is 0 Å². The van der Waals surface area contributed by atoms with Crippen LogP contribution >= 0.6 is 15.9 Å². The van der Waals surface area contributed by atoms with Crippen molar-refractivity contribution in [2.24, 2.45) is 0 Å². The minimum Gasteiger partial charge on any atom is -0.493 e. The molecule has 1 aliphatic heterocycles. The first-order valence-electron chi connectivity index (χ1n) is 7.70. The predicted molar refractivity (Wildman–Crippen MR) is 90.2 cm³/mol. The molecule has 0 aromatic heterocycles. The normalized spacial score (nSPS) is 15.7. The van der Waals surface area contributed by atoms with Crippen molar-refractivity contribution in [3.05, 3.63) is 27.7 Å². The van der Waals surface area contributed by atoms with Crippen molar-refractivity contribution >= 4 is 15.9 Å². The van der Waals surface area contributed by atoms with Crippen LogP contribution in [0.5, 0.6) is 5.75 Å². The van der Waals surface area contributed by atoms with Gasteiger partial charge in [0.2, 0.25) is 0 Å². The molecule has 21 heavy (non-hydrogen) atoms. The third-order valence-electron chi connectivity index (χ3n) is 3.50. The van der Waals surface area contributed by atoms with Crippen LogP contribution in [0.25, 0.3) is 0 Å². The number of benzene rings is 1. The molecule has 0 radical (unpaired) electrons. The van der Waals surface area contributed by atoms with Crippen molar-refractivity contribution in [3.8, 4) is 5.75 Å². The molecule has 0 saturated carbocycles. The van der Waals surface area contributed by atoms with Crippen LogP contribution in [-0.2, 0) is 17.6 Å². The van der Waals surface area contributed by atoms with E-state index in [0.717, 1.165) is 36.2 Å². The Balaban J connectivity index is 2.10. The lowest BCUT2D eigenvalue weighted by atomic mass is 10.0. The monoisotopic (exact) mass is 355 g/mol. The van der Waals surface area contributed by atoms with Gasteiger partial charge >= 0.3 is 0 Å². The number of hydrogen-bond acceptors (Lipinski definition) is 3. The zero-order chi connectivity index (χ0) is 15.5. The summed E-state index contributed by atoms with van der Waals surface area (Å²) in [5.74, 6) is 1.08. The lowest BCUT2D eigenvalue weighted by Crippen LogP contribution is -2.38. The minimum atomic E-state index is -0.108. The molecule has 0 bridgehead atoms. The zero-order valence-electron chi connectivity index (χ0n) is 13.5. The fourth-order valence-corrected chi connectivity index (χ4v) is 3.15. The number of ether oxygens (including phenoxy) is 2. The molecule has 4 heteroatoms. The molecule has 0 saturated heterocycles. The highest BCUT2D eigenvalue weighted by Crippen LogP contribution is 2.33. The summed E-state index contributed by atoms with van der Waals surface area (Å²) in [5.41, 5.74) is 2.47. The van der Waals surface area contributed by atoms with Crippen LogP contribution in [0.2, 0.25) is 0 Å². The molecular weight excluding hydrogens is 330 g/mol. The summed E-state index contributed by atoms with van der Waals surface area (Å²) < 4.78 is 12.9. The molecule has 0 aliphatic carbocycles. The molecule has 3 nitrogen and oxygen atoms in total. The quantitative estimate of drug-likeness (QED) is 0.843. The largest absolute Gasteiger partial charge is 0.493 e. The van der Waals surface area contributed by atoms with E-state index in [-0.39, 0.29) is 5.60 Å². The van der Waals surface area contributed by atoms with Gasteiger partial charge in [-0.05, 0) is 57.0 Å². The maximum atomic E-state index is 5.95. The van der Waals surface area contributed by atoms with Gasteiger partial charge in [-0.1, -0.05) is 22.9 Å². The van der Waals surface area contributed by atoms with Crippen molar-refractivity contribution < 1.29 is 9.47 Å². The molecule has 0 amide bonds. The Morgan fingerprint density at radius 3 is 2.81 bits per heavy atom. The van der Waals surface area contributed by atoms with E-state index >= 15 is 0 Å². The summed E-state index contributed by atoms with van der Waals surface area (Å²) in [5, 5.41) is 3.52. The maximum Gasteiger partial charge on any atom is 0.125 e. The van der Waals surface area contributed by atoms with Crippen LogP contribution < -0.4 is 10.1 Å². The molecule has 1 aromatic carbocycles. The van der Waals surface area contributed by atoms with E-state index < -0.39 is 0 Å². The lowest BCUT2D eigenvalue weighted by Gasteiger charge is -2.25. The average Bonchev–Trinajstić information content (AvgIpc) is 2.83. The van der Waals surface area contributed by atoms with Gasteiger partial charge in [-0.2, -0.15) is 0 Å². The number of fused-ring (bicyclic) bond motifs is 1. The van der Waals surface area contributed by atoms with Crippen LogP contribution in [0, 0.1) is 0 Å². The van der Waals surface area contributed by atoms with Crippen molar-refractivity contribution in [2.75, 3.05) is 19.8 Å². The average molecular weight is 356 g/mol. The van der Waals surface area contributed by atoms with Gasteiger partial charge in [0.25, 0.3) is 0 Å². The predicted octanol–water partition coefficient (Wildman–Crippen LogP) is 3.72.